The molecule has 0 unspecified atom stereocenters. The SMILES string of the molecule is CCOC(=O)CCN1C(=O)CCc2ccc(F)cc21. The Hall–Kier alpha value is -1.91. The minimum atomic E-state index is -0.380. The Kier molecular flexibility index (Phi) is 4.14. The average molecular weight is 265 g/mol. The van der Waals surface area contributed by atoms with Crippen LogP contribution in [0.15, 0.2) is 18.2 Å². The molecule has 0 aromatic heterocycles. The minimum Gasteiger partial charge on any atom is -0.466 e. The Morgan fingerprint density at radius 2 is 2.21 bits per heavy atom. The summed E-state index contributed by atoms with van der Waals surface area (Å²) in [6.07, 6.45) is 1.13. The first-order valence-electron chi connectivity index (χ1n) is 6.36. The van der Waals surface area contributed by atoms with Crippen LogP contribution >= 0.6 is 0 Å². The number of halogens is 1. The molecule has 0 N–H and O–H groups in total. The Bertz CT molecular complexity index is 501. The van der Waals surface area contributed by atoms with Crippen molar-refractivity contribution in [2.75, 3.05) is 18.1 Å². The van der Waals surface area contributed by atoms with Gasteiger partial charge in [-0.15, -0.1) is 0 Å². The molecule has 0 aliphatic carbocycles. The number of aryl methyl sites for hydroxylation is 1. The van der Waals surface area contributed by atoms with E-state index in [9.17, 15) is 14.0 Å². The third-order valence-corrected chi connectivity index (χ3v) is 3.09. The van der Waals surface area contributed by atoms with Gasteiger partial charge in [-0.1, -0.05) is 6.07 Å². The van der Waals surface area contributed by atoms with E-state index in [-0.39, 0.29) is 30.7 Å². The fourth-order valence-corrected chi connectivity index (χ4v) is 2.19. The third kappa shape index (κ3) is 3.10. The predicted molar refractivity (Wildman–Crippen MR) is 68.3 cm³/mol. The molecule has 0 saturated carbocycles. The first kappa shape index (κ1) is 13.5. The maximum absolute atomic E-state index is 13.3. The number of benzene rings is 1. The highest BCUT2D eigenvalue weighted by Gasteiger charge is 2.24. The van der Waals surface area contributed by atoms with E-state index in [1.807, 2.05) is 0 Å². The zero-order chi connectivity index (χ0) is 13.8. The van der Waals surface area contributed by atoms with Gasteiger partial charge in [0.05, 0.1) is 13.0 Å². The summed E-state index contributed by atoms with van der Waals surface area (Å²) in [6, 6.07) is 4.42. The number of ether oxygens (including phenoxy) is 1. The van der Waals surface area contributed by atoms with E-state index in [1.165, 1.54) is 17.0 Å². The quantitative estimate of drug-likeness (QED) is 0.783. The van der Waals surface area contributed by atoms with E-state index in [2.05, 4.69) is 0 Å². The number of nitrogens with zero attached hydrogens (tertiary/aromatic N) is 1. The van der Waals surface area contributed by atoms with Crippen molar-refractivity contribution in [3.8, 4) is 0 Å². The van der Waals surface area contributed by atoms with Gasteiger partial charge in [-0.3, -0.25) is 9.59 Å². The van der Waals surface area contributed by atoms with Crippen LogP contribution in [0.4, 0.5) is 10.1 Å². The Morgan fingerprint density at radius 3 is 2.95 bits per heavy atom. The van der Waals surface area contributed by atoms with Crippen molar-refractivity contribution in [2.45, 2.75) is 26.2 Å². The molecule has 1 aromatic carbocycles. The topological polar surface area (TPSA) is 46.6 Å². The van der Waals surface area contributed by atoms with Gasteiger partial charge in [0.1, 0.15) is 5.82 Å². The van der Waals surface area contributed by atoms with Crippen LogP contribution in [0.2, 0.25) is 0 Å². The standard InChI is InChI=1S/C14H16FNO3/c1-2-19-14(18)7-8-16-12-9-11(15)5-3-10(12)4-6-13(16)17/h3,5,9H,2,4,6-8H2,1H3. The Labute approximate surface area is 111 Å². The molecule has 1 amide bonds. The fraction of sp³-hybridized carbons (Fsp3) is 0.429. The van der Waals surface area contributed by atoms with Crippen molar-refractivity contribution in [1.82, 2.24) is 0 Å². The maximum atomic E-state index is 13.3. The van der Waals surface area contributed by atoms with E-state index in [1.54, 1.807) is 13.0 Å². The number of hydrogen-bond acceptors (Lipinski definition) is 3. The summed E-state index contributed by atoms with van der Waals surface area (Å²) in [4.78, 5) is 24.7. The number of esters is 1. The number of rotatable bonds is 4. The fourth-order valence-electron chi connectivity index (χ4n) is 2.19. The summed E-state index contributed by atoms with van der Waals surface area (Å²) in [5, 5.41) is 0. The van der Waals surface area contributed by atoms with Crippen molar-refractivity contribution < 1.29 is 18.7 Å². The first-order chi connectivity index (χ1) is 9.11. The van der Waals surface area contributed by atoms with E-state index in [4.69, 9.17) is 4.74 Å². The summed E-state index contributed by atoms with van der Waals surface area (Å²) in [5.41, 5.74) is 1.51. The molecule has 19 heavy (non-hydrogen) atoms. The van der Waals surface area contributed by atoms with Crippen molar-refractivity contribution in [3.63, 3.8) is 0 Å². The molecule has 0 bridgehead atoms. The van der Waals surface area contributed by atoms with Gasteiger partial charge in [-0.2, -0.15) is 0 Å². The van der Waals surface area contributed by atoms with Crippen LogP contribution in [0.25, 0.3) is 0 Å². The van der Waals surface area contributed by atoms with E-state index in [0.717, 1.165) is 5.56 Å². The predicted octanol–water partition coefficient (Wildman–Crippen LogP) is 2.06. The number of fused-ring (bicyclic) bond motifs is 1. The lowest BCUT2D eigenvalue weighted by atomic mass is 10.0. The highest BCUT2D eigenvalue weighted by atomic mass is 19.1. The third-order valence-electron chi connectivity index (χ3n) is 3.09. The van der Waals surface area contributed by atoms with Crippen LogP contribution in [0, 0.1) is 5.82 Å². The van der Waals surface area contributed by atoms with Gasteiger partial charge in [-0.05, 0) is 31.0 Å². The van der Waals surface area contributed by atoms with Gasteiger partial charge in [-0.25, -0.2) is 4.39 Å². The van der Waals surface area contributed by atoms with Crippen LogP contribution in [-0.2, 0) is 20.7 Å². The van der Waals surface area contributed by atoms with Crippen molar-refractivity contribution >= 4 is 17.6 Å². The molecule has 2 rings (SSSR count). The van der Waals surface area contributed by atoms with Crippen LogP contribution in [0.1, 0.15) is 25.3 Å². The van der Waals surface area contributed by atoms with Gasteiger partial charge in [0.2, 0.25) is 5.91 Å². The number of hydrogen-bond donors (Lipinski definition) is 0. The molecule has 1 aliphatic rings. The molecule has 102 valence electrons. The van der Waals surface area contributed by atoms with Crippen molar-refractivity contribution in [3.05, 3.63) is 29.6 Å². The normalized spacial score (nSPS) is 14.2. The monoisotopic (exact) mass is 265 g/mol. The molecule has 1 aromatic rings. The second kappa shape index (κ2) is 5.82. The first-order valence-corrected chi connectivity index (χ1v) is 6.36. The second-order valence-electron chi connectivity index (χ2n) is 4.37. The molecular weight excluding hydrogens is 249 g/mol. The summed E-state index contributed by atoms with van der Waals surface area (Å²) in [5.74, 6) is -0.809. The number of carbonyl (C=O) groups excluding carboxylic acids is 2. The zero-order valence-corrected chi connectivity index (χ0v) is 10.8. The van der Waals surface area contributed by atoms with Crippen LogP contribution in [-0.4, -0.2) is 25.0 Å². The van der Waals surface area contributed by atoms with Gasteiger partial charge in [0, 0.05) is 18.7 Å². The number of amides is 1. The van der Waals surface area contributed by atoms with Gasteiger partial charge < -0.3 is 9.64 Å². The van der Waals surface area contributed by atoms with Crippen LogP contribution in [0.5, 0.6) is 0 Å². The second-order valence-corrected chi connectivity index (χ2v) is 4.37. The van der Waals surface area contributed by atoms with Crippen molar-refractivity contribution in [2.24, 2.45) is 0 Å². The van der Waals surface area contributed by atoms with Gasteiger partial charge >= 0.3 is 5.97 Å². The van der Waals surface area contributed by atoms with E-state index < -0.39 is 0 Å². The van der Waals surface area contributed by atoms with E-state index in [0.29, 0.717) is 25.1 Å². The highest BCUT2D eigenvalue weighted by molar-refractivity contribution is 5.96. The van der Waals surface area contributed by atoms with Crippen LogP contribution in [0.3, 0.4) is 0 Å². The van der Waals surface area contributed by atoms with Crippen LogP contribution < -0.4 is 4.90 Å². The van der Waals surface area contributed by atoms with Gasteiger partial charge in [0.25, 0.3) is 0 Å². The maximum Gasteiger partial charge on any atom is 0.307 e. The summed E-state index contributed by atoms with van der Waals surface area (Å²) in [6.45, 7) is 2.28. The molecule has 1 aliphatic heterocycles. The molecule has 4 nitrogen and oxygen atoms in total. The molecule has 0 spiro atoms. The Balaban J connectivity index is 2.14. The summed E-state index contributed by atoms with van der Waals surface area (Å²) < 4.78 is 18.1. The van der Waals surface area contributed by atoms with E-state index >= 15 is 0 Å². The lowest BCUT2D eigenvalue weighted by Gasteiger charge is -2.29. The summed E-state index contributed by atoms with van der Waals surface area (Å²) >= 11 is 0. The lowest BCUT2D eigenvalue weighted by Crippen LogP contribution is -2.37. The average Bonchev–Trinajstić information content (AvgIpc) is 2.38. The van der Waals surface area contributed by atoms with Crippen molar-refractivity contribution in [1.29, 1.82) is 0 Å². The molecule has 0 radical (unpaired) electrons. The molecule has 1 heterocycles. The zero-order valence-electron chi connectivity index (χ0n) is 10.8. The largest absolute Gasteiger partial charge is 0.466 e. The van der Waals surface area contributed by atoms with Gasteiger partial charge in [0.15, 0.2) is 0 Å². The molecule has 5 heteroatoms. The minimum absolute atomic E-state index is 0.0811. The highest BCUT2D eigenvalue weighted by Crippen LogP contribution is 2.28. The molecule has 0 atom stereocenters. The Morgan fingerprint density at radius 1 is 1.42 bits per heavy atom. The number of carbonyl (C=O) groups is 2. The summed E-state index contributed by atoms with van der Waals surface area (Å²) in [7, 11) is 0. The smallest absolute Gasteiger partial charge is 0.307 e. The molecule has 0 fully saturated rings. The number of anilines is 1. The lowest BCUT2D eigenvalue weighted by molar-refractivity contribution is -0.142. The molecular formula is C14H16FNO3. The molecule has 0 saturated heterocycles.